The maximum atomic E-state index is 6.43. The molecule has 0 saturated carbocycles. The summed E-state index contributed by atoms with van der Waals surface area (Å²) in [5, 5.41) is 0.785. The van der Waals surface area contributed by atoms with Crippen molar-refractivity contribution in [2.24, 2.45) is 0 Å². The van der Waals surface area contributed by atoms with Gasteiger partial charge in [-0.2, -0.15) is 0 Å². The van der Waals surface area contributed by atoms with Crippen LogP contribution in [0.4, 0.5) is 0 Å². The van der Waals surface area contributed by atoms with E-state index >= 15 is 0 Å². The van der Waals surface area contributed by atoms with Crippen molar-refractivity contribution in [3.8, 4) is 11.1 Å². The first kappa shape index (κ1) is 33.9. The standard InChI is InChI=1S/C21H25.C13H9Cl.C5H5.2ClH.Zr/c1-20(2,3)16-7-9-18-14(12-16)11-15-13-17(21(4,5)6)8-10-19(15)18;14-13-8-6-12(7-9-13)10-11-4-2-1-3-5-11;1-2-4-5-3-1;;;/h7-10,12H,11H2,1-6H3;1-9H;1-5H;2*1H;/q;;;;;+2/p-2. The first-order chi connectivity index (χ1) is 19.5. The Balaban J connectivity index is 0.00000212. The minimum atomic E-state index is -2.74. The Bertz CT molecular complexity index is 1700. The molecule has 6 rings (SSSR count). The summed E-state index contributed by atoms with van der Waals surface area (Å²) in [6.07, 6.45) is 10.5. The van der Waals surface area contributed by atoms with Crippen LogP contribution < -0.4 is 28.1 Å². The Morgan fingerprint density at radius 3 is 1.91 bits per heavy atom. The Morgan fingerprint density at radius 2 is 1.30 bits per heavy atom. The third-order valence-electron chi connectivity index (χ3n) is 8.56. The van der Waals surface area contributed by atoms with Crippen molar-refractivity contribution in [1.82, 2.24) is 0 Å². The predicted octanol–water partition coefficient (Wildman–Crippen LogP) is 3.94. The van der Waals surface area contributed by atoms with Crippen LogP contribution in [0.5, 0.6) is 0 Å². The van der Waals surface area contributed by atoms with Crippen LogP contribution in [0.2, 0.25) is 8.65 Å². The van der Waals surface area contributed by atoms with Crippen LogP contribution >= 0.6 is 11.6 Å². The van der Waals surface area contributed by atoms with Crippen molar-refractivity contribution < 1.29 is 46.1 Å². The molecule has 0 bridgehead atoms. The number of allylic oxidation sites excluding steroid dienone is 4. The molecule has 0 saturated heterocycles. The van der Waals surface area contributed by atoms with Gasteiger partial charge in [-0.15, -0.1) is 0 Å². The molecule has 0 unspecified atom stereocenters. The number of hydrogen-bond acceptors (Lipinski definition) is 0. The van der Waals surface area contributed by atoms with E-state index in [4.69, 9.17) is 11.6 Å². The zero-order valence-corrected chi connectivity index (χ0v) is 30.5. The van der Waals surface area contributed by atoms with Crippen molar-refractivity contribution in [2.45, 2.75) is 62.4 Å². The number of benzene rings is 4. The summed E-state index contributed by atoms with van der Waals surface area (Å²) in [5.74, 6) is 0. The Morgan fingerprint density at radius 1 is 0.698 bits per heavy atom. The van der Waals surface area contributed by atoms with Crippen molar-refractivity contribution in [3.63, 3.8) is 0 Å². The zero-order chi connectivity index (χ0) is 28.9. The van der Waals surface area contributed by atoms with Gasteiger partial charge in [0.15, 0.2) is 0 Å². The average Bonchev–Trinajstić information content (AvgIpc) is 3.59. The van der Waals surface area contributed by atoms with Gasteiger partial charge in [-0.25, -0.2) is 0 Å². The van der Waals surface area contributed by atoms with Gasteiger partial charge in [-0.1, -0.05) is 0 Å². The van der Waals surface area contributed by atoms with Crippen molar-refractivity contribution in [1.29, 1.82) is 0 Å². The van der Waals surface area contributed by atoms with Gasteiger partial charge in [0, 0.05) is 0 Å². The maximum Gasteiger partial charge on any atom is -1.00 e. The van der Waals surface area contributed by atoms with Crippen LogP contribution in [-0.4, -0.2) is 3.21 Å². The second-order valence-corrected chi connectivity index (χ2v) is 20.1. The summed E-state index contributed by atoms with van der Waals surface area (Å²) in [4.78, 5) is 0. The van der Waals surface area contributed by atoms with Crippen LogP contribution in [0.1, 0.15) is 74.9 Å². The van der Waals surface area contributed by atoms with E-state index in [1.165, 1.54) is 38.9 Å². The van der Waals surface area contributed by atoms with Gasteiger partial charge in [0.2, 0.25) is 0 Å². The van der Waals surface area contributed by atoms with E-state index < -0.39 is 21.3 Å². The van der Waals surface area contributed by atoms with Gasteiger partial charge in [0.25, 0.3) is 0 Å². The van der Waals surface area contributed by atoms with Crippen LogP contribution in [0.3, 0.4) is 0 Å². The third kappa shape index (κ3) is 6.67. The summed E-state index contributed by atoms with van der Waals surface area (Å²) in [7, 11) is 0. The van der Waals surface area contributed by atoms with E-state index in [1.807, 2.05) is 0 Å². The summed E-state index contributed by atoms with van der Waals surface area (Å²) in [6, 6.07) is 31.9. The largest absolute Gasteiger partial charge is 1.00 e. The quantitative estimate of drug-likeness (QED) is 0.266. The molecule has 2 aliphatic carbocycles. The molecule has 0 N–H and O–H groups in total. The molecule has 0 amide bonds. The van der Waals surface area contributed by atoms with Crippen LogP contribution in [-0.2, 0) is 38.5 Å². The van der Waals surface area contributed by atoms with Crippen LogP contribution in [0.15, 0.2) is 109 Å². The Kier molecular flexibility index (Phi) is 10.4. The van der Waals surface area contributed by atoms with Gasteiger partial charge in [0.1, 0.15) is 0 Å². The number of rotatable bonds is 4. The van der Waals surface area contributed by atoms with E-state index in [2.05, 4.69) is 151 Å². The van der Waals surface area contributed by atoms with Crippen LogP contribution in [0, 0.1) is 0 Å². The number of halogens is 3. The molecule has 0 aromatic heterocycles. The topological polar surface area (TPSA) is 0 Å². The zero-order valence-electron chi connectivity index (χ0n) is 25.8. The molecule has 4 heteroatoms. The van der Waals surface area contributed by atoms with Crippen molar-refractivity contribution >= 4 is 18.1 Å². The minimum Gasteiger partial charge on any atom is -1.00 e. The number of hydrogen-bond donors (Lipinski definition) is 0. The molecule has 220 valence electrons. The predicted molar refractivity (Wildman–Crippen MR) is 175 cm³/mol. The maximum absolute atomic E-state index is 6.43. The van der Waals surface area contributed by atoms with Crippen molar-refractivity contribution in [2.75, 3.05) is 0 Å². The molecule has 0 heterocycles. The van der Waals surface area contributed by atoms with Gasteiger partial charge in [-0.3, -0.25) is 0 Å². The Hall–Kier alpha value is -2.02. The summed E-state index contributed by atoms with van der Waals surface area (Å²) in [6.45, 7) is 14.1. The SMILES string of the molecule is CC(C)(C)c1ccc2c(c1)Cc1c-2ccc(C(C)(C)C)[c]1[Zr+2](=[C](c1ccccc1)c1ccc(Cl)cc1)[CH]1C=CC=C1.[Cl-].[Cl-]. The molecular formula is C39H39Cl3Zr. The molecule has 0 radical (unpaired) electrons. The fourth-order valence-corrected chi connectivity index (χ4v) is 15.9. The molecule has 2 aliphatic rings. The van der Waals surface area contributed by atoms with E-state index in [9.17, 15) is 0 Å². The molecular weight excluding hydrogens is 666 g/mol. The van der Waals surface area contributed by atoms with Gasteiger partial charge in [-0.05, 0) is 0 Å². The average molecular weight is 705 g/mol. The second kappa shape index (κ2) is 13.1. The number of fused-ring (bicyclic) bond motifs is 3. The fourth-order valence-electron chi connectivity index (χ4n) is 6.46. The smallest absolute Gasteiger partial charge is 1.00 e. The van der Waals surface area contributed by atoms with Gasteiger partial charge in [0.05, 0.1) is 0 Å². The van der Waals surface area contributed by atoms with Gasteiger partial charge >= 0.3 is 261 Å². The molecule has 0 atom stereocenters. The van der Waals surface area contributed by atoms with Crippen molar-refractivity contribution in [3.05, 3.63) is 148 Å². The van der Waals surface area contributed by atoms with E-state index in [0.29, 0.717) is 3.63 Å². The minimum absolute atomic E-state index is 0. The second-order valence-electron chi connectivity index (χ2n) is 13.5. The molecule has 0 aliphatic heterocycles. The van der Waals surface area contributed by atoms with Gasteiger partial charge < -0.3 is 24.8 Å². The van der Waals surface area contributed by atoms with E-state index in [0.717, 1.165) is 11.4 Å². The first-order valence-electron chi connectivity index (χ1n) is 14.7. The molecule has 4 aromatic carbocycles. The van der Waals surface area contributed by atoms with Crippen LogP contribution in [0.25, 0.3) is 11.1 Å². The van der Waals surface area contributed by atoms with E-state index in [1.54, 1.807) is 12.0 Å². The molecule has 4 aromatic rings. The summed E-state index contributed by atoms with van der Waals surface area (Å²) in [5.41, 5.74) is 11.7. The van der Waals surface area contributed by atoms with E-state index in [-0.39, 0.29) is 35.6 Å². The molecule has 0 spiro atoms. The first-order valence-corrected chi connectivity index (χ1v) is 19.0. The monoisotopic (exact) mass is 702 g/mol. The normalized spacial score (nSPS) is 14.1. The molecule has 43 heavy (non-hydrogen) atoms. The summed E-state index contributed by atoms with van der Waals surface area (Å²) < 4.78 is 3.68. The summed E-state index contributed by atoms with van der Waals surface area (Å²) >= 11 is 3.69. The third-order valence-corrected chi connectivity index (χ3v) is 16.9. The molecule has 0 nitrogen and oxygen atoms in total. The fraction of sp³-hybridized carbons (Fsp3) is 0.256. The Labute approximate surface area is 283 Å². The molecule has 0 fully saturated rings.